The van der Waals surface area contributed by atoms with Crippen molar-refractivity contribution in [3.8, 4) is 10.4 Å². The molecule has 1 amide bonds. The SMILES string of the molecule is C[C@@H](c1ccc(S(C)(=O)=O)cc1)N(C)C(=O)c1cc2c(s1)-c1ccccc1CC2. The Labute approximate surface area is 175 Å². The zero-order valence-corrected chi connectivity index (χ0v) is 18.3. The van der Waals surface area contributed by atoms with Gasteiger partial charge in [0.05, 0.1) is 15.8 Å². The lowest BCUT2D eigenvalue weighted by molar-refractivity contribution is 0.0747. The molecule has 150 valence electrons. The molecule has 0 fully saturated rings. The number of aryl methyl sites for hydroxylation is 2. The van der Waals surface area contributed by atoms with Crippen LogP contribution in [0.2, 0.25) is 0 Å². The van der Waals surface area contributed by atoms with Crippen molar-refractivity contribution in [3.05, 3.63) is 76.2 Å². The second-order valence-electron chi connectivity index (χ2n) is 7.56. The Hall–Kier alpha value is -2.44. The number of rotatable bonds is 4. The van der Waals surface area contributed by atoms with Crippen LogP contribution in [0, 0.1) is 0 Å². The summed E-state index contributed by atoms with van der Waals surface area (Å²) >= 11 is 1.56. The molecule has 1 heterocycles. The summed E-state index contributed by atoms with van der Waals surface area (Å²) in [5, 5.41) is 0. The maximum atomic E-state index is 13.2. The summed E-state index contributed by atoms with van der Waals surface area (Å²) in [6.45, 7) is 1.95. The first kappa shape index (κ1) is 19.9. The highest BCUT2D eigenvalue weighted by Crippen LogP contribution is 2.40. The number of hydrogen-bond donors (Lipinski definition) is 0. The number of benzene rings is 2. The van der Waals surface area contributed by atoms with Crippen molar-refractivity contribution in [1.29, 1.82) is 0 Å². The molecule has 1 aliphatic rings. The van der Waals surface area contributed by atoms with Gasteiger partial charge in [-0.2, -0.15) is 0 Å². The molecule has 0 radical (unpaired) electrons. The second-order valence-corrected chi connectivity index (χ2v) is 10.6. The number of thiophene rings is 1. The number of hydrogen-bond acceptors (Lipinski definition) is 4. The van der Waals surface area contributed by atoms with Gasteiger partial charge in [-0.15, -0.1) is 11.3 Å². The van der Waals surface area contributed by atoms with Gasteiger partial charge in [-0.05, 0) is 60.2 Å². The lowest BCUT2D eigenvalue weighted by atomic mass is 9.91. The fraction of sp³-hybridized carbons (Fsp3) is 0.261. The van der Waals surface area contributed by atoms with Crippen LogP contribution in [0.3, 0.4) is 0 Å². The van der Waals surface area contributed by atoms with E-state index in [9.17, 15) is 13.2 Å². The van der Waals surface area contributed by atoms with Crippen LogP contribution in [0.15, 0.2) is 59.5 Å². The van der Waals surface area contributed by atoms with Gasteiger partial charge in [0.1, 0.15) is 0 Å². The van der Waals surface area contributed by atoms with Crippen LogP contribution < -0.4 is 0 Å². The van der Waals surface area contributed by atoms with Crippen molar-refractivity contribution in [2.24, 2.45) is 0 Å². The molecule has 4 nitrogen and oxygen atoms in total. The Morgan fingerprint density at radius 1 is 1.03 bits per heavy atom. The maximum absolute atomic E-state index is 13.2. The summed E-state index contributed by atoms with van der Waals surface area (Å²) < 4.78 is 23.3. The van der Waals surface area contributed by atoms with E-state index in [-0.39, 0.29) is 16.8 Å². The molecule has 1 aliphatic carbocycles. The highest BCUT2D eigenvalue weighted by atomic mass is 32.2. The second kappa shape index (κ2) is 7.43. The zero-order chi connectivity index (χ0) is 20.8. The largest absolute Gasteiger partial charge is 0.334 e. The highest BCUT2D eigenvalue weighted by molar-refractivity contribution is 7.90. The normalized spacial score (nSPS) is 14.0. The molecule has 0 aliphatic heterocycles. The topological polar surface area (TPSA) is 54.5 Å². The van der Waals surface area contributed by atoms with E-state index in [2.05, 4.69) is 18.2 Å². The van der Waals surface area contributed by atoms with E-state index in [0.29, 0.717) is 0 Å². The van der Waals surface area contributed by atoms with Crippen molar-refractivity contribution in [3.63, 3.8) is 0 Å². The summed E-state index contributed by atoms with van der Waals surface area (Å²) in [5.41, 5.74) is 4.73. The number of sulfone groups is 1. The third kappa shape index (κ3) is 3.74. The van der Waals surface area contributed by atoms with E-state index in [0.717, 1.165) is 23.3 Å². The first-order chi connectivity index (χ1) is 13.8. The summed E-state index contributed by atoms with van der Waals surface area (Å²) in [6, 6.07) is 17.0. The Morgan fingerprint density at radius 2 is 1.69 bits per heavy atom. The quantitative estimate of drug-likeness (QED) is 0.606. The molecule has 29 heavy (non-hydrogen) atoms. The molecule has 0 spiro atoms. The molecule has 0 unspecified atom stereocenters. The van der Waals surface area contributed by atoms with Gasteiger partial charge in [-0.1, -0.05) is 36.4 Å². The monoisotopic (exact) mass is 425 g/mol. The number of carbonyl (C=O) groups is 1. The van der Waals surface area contributed by atoms with E-state index in [1.54, 1.807) is 47.5 Å². The number of carbonyl (C=O) groups excluding carboxylic acids is 1. The predicted molar refractivity (Wildman–Crippen MR) is 117 cm³/mol. The standard InChI is InChI=1S/C23H23NO3S2/c1-15(16-10-12-19(13-11-16)29(3,26)27)24(2)23(25)21-14-18-9-8-17-6-4-5-7-20(17)22(18)28-21/h4-7,10-15H,8-9H2,1-3H3/t15-/m0/s1. The first-order valence-electron chi connectivity index (χ1n) is 9.54. The van der Waals surface area contributed by atoms with Crippen LogP contribution in [0.4, 0.5) is 0 Å². The smallest absolute Gasteiger partial charge is 0.264 e. The van der Waals surface area contributed by atoms with Gasteiger partial charge >= 0.3 is 0 Å². The van der Waals surface area contributed by atoms with Gasteiger partial charge in [0.2, 0.25) is 0 Å². The summed E-state index contributed by atoms with van der Waals surface area (Å²) in [4.78, 5) is 17.1. The van der Waals surface area contributed by atoms with Crippen molar-refractivity contribution in [1.82, 2.24) is 4.90 Å². The molecule has 3 aromatic rings. The van der Waals surface area contributed by atoms with E-state index >= 15 is 0 Å². The van der Waals surface area contributed by atoms with Gasteiger partial charge in [0, 0.05) is 18.2 Å². The minimum atomic E-state index is -3.23. The molecule has 2 aromatic carbocycles. The molecule has 1 aromatic heterocycles. The molecule has 0 N–H and O–H groups in total. The maximum Gasteiger partial charge on any atom is 0.264 e. The number of fused-ring (bicyclic) bond motifs is 3. The third-order valence-corrected chi connectivity index (χ3v) is 7.96. The lowest BCUT2D eigenvalue weighted by Crippen LogP contribution is -2.29. The molecule has 0 saturated heterocycles. The average Bonchev–Trinajstić information content (AvgIpc) is 3.16. The lowest BCUT2D eigenvalue weighted by Gasteiger charge is -2.25. The van der Waals surface area contributed by atoms with Crippen molar-refractivity contribution >= 4 is 27.1 Å². The van der Waals surface area contributed by atoms with Crippen molar-refractivity contribution < 1.29 is 13.2 Å². The van der Waals surface area contributed by atoms with Gasteiger partial charge < -0.3 is 4.90 Å². The Kier molecular flexibility index (Phi) is 5.09. The van der Waals surface area contributed by atoms with Gasteiger partial charge in [0.15, 0.2) is 9.84 Å². The van der Waals surface area contributed by atoms with Crippen LogP contribution in [-0.4, -0.2) is 32.5 Å². The van der Waals surface area contributed by atoms with Crippen LogP contribution in [0.5, 0.6) is 0 Å². The van der Waals surface area contributed by atoms with Gasteiger partial charge in [-0.3, -0.25) is 4.79 Å². The molecule has 0 bridgehead atoms. The van der Waals surface area contributed by atoms with E-state index < -0.39 is 9.84 Å². The zero-order valence-electron chi connectivity index (χ0n) is 16.7. The molecular weight excluding hydrogens is 402 g/mol. The number of amides is 1. The highest BCUT2D eigenvalue weighted by Gasteiger charge is 2.25. The fourth-order valence-electron chi connectivity index (χ4n) is 3.74. The van der Waals surface area contributed by atoms with E-state index in [4.69, 9.17) is 0 Å². The van der Waals surface area contributed by atoms with Gasteiger partial charge in [0.25, 0.3) is 5.91 Å². The molecule has 6 heteroatoms. The Morgan fingerprint density at radius 3 is 2.38 bits per heavy atom. The van der Waals surface area contributed by atoms with Crippen LogP contribution >= 0.6 is 11.3 Å². The summed E-state index contributed by atoms with van der Waals surface area (Å²) in [6.07, 6.45) is 3.16. The van der Waals surface area contributed by atoms with Crippen molar-refractivity contribution in [2.75, 3.05) is 13.3 Å². The Balaban J connectivity index is 1.58. The van der Waals surface area contributed by atoms with E-state index in [1.165, 1.54) is 27.8 Å². The van der Waals surface area contributed by atoms with Crippen molar-refractivity contribution in [2.45, 2.75) is 30.7 Å². The Bertz CT molecular complexity index is 1180. The predicted octanol–water partition coefficient (Wildman–Crippen LogP) is 4.75. The molecule has 1 atom stereocenters. The van der Waals surface area contributed by atoms with Gasteiger partial charge in [-0.25, -0.2) is 8.42 Å². The van der Waals surface area contributed by atoms with Crippen LogP contribution in [0.1, 0.15) is 39.3 Å². The molecule has 4 rings (SSSR count). The molecular formula is C23H23NO3S2. The number of nitrogens with zero attached hydrogens (tertiary/aromatic N) is 1. The summed E-state index contributed by atoms with van der Waals surface area (Å²) in [5.74, 6) is -0.0124. The third-order valence-electron chi connectivity index (χ3n) is 5.64. The summed E-state index contributed by atoms with van der Waals surface area (Å²) in [7, 11) is -1.43. The average molecular weight is 426 g/mol. The first-order valence-corrected chi connectivity index (χ1v) is 12.2. The van der Waals surface area contributed by atoms with Crippen LogP contribution in [0.25, 0.3) is 10.4 Å². The van der Waals surface area contributed by atoms with Crippen LogP contribution in [-0.2, 0) is 22.7 Å². The fourth-order valence-corrected chi connectivity index (χ4v) is 5.63. The van der Waals surface area contributed by atoms with E-state index in [1.807, 2.05) is 19.1 Å². The molecule has 0 saturated carbocycles. The minimum Gasteiger partial charge on any atom is -0.334 e. The minimum absolute atomic E-state index is 0.0124.